The molecule has 0 saturated carbocycles. The average Bonchev–Trinajstić information content (AvgIpc) is 2.54. The van der Waals surface area contributed by atoms with E-state index in [-0.39, 0.29) is 5.11 Å². The largest absolute Gasteiger partial charge is 0.376 e. The van der Waals surface area contributed by atoms with Crippen molar-refractivity contribution >= 4 is 55.6 Å². The summed E-state index contributed by atoms with van der Waals surface area (Å²) < 4.78 is 0. The summed E-state index contributed by atoms with van der Waals surface area (Å²) >= 11 is 5.05. The molecule has 0 radical (unpaired) electrons. The van der Waals surface area contributed by atoms with Crippen molar-refractivity contribution in [1.29, 1.82) is 0 Å². The van der Waals surface area contributed by atoms with Crippen molar-refractivity contribution in [2.75, 3.05) is 5.32 Å². The fourth-order valence-electron chi connectivity index (χ4n) is 2.88. The number of anilines is 1. The van der Waals surface area contributed by atoms with E-state index in [9.17, 15) is 0 Å². The lowest BCUT2D eigenvalue weighted by molar-refractivity contribution is 1.51. The Hall–Kier alpha value is -2.72. The van der Waals surface area contributed by atoms with Crippen molar-refractivity contribution in [1.82, 2.24) is 4.98 Å². The highest BCUT2D eigenvalue weighted by molar-refractivity contribution is 7.80. The second-order valence-corrected chi connectivity index (χ2v) is 5.62. The quantitative estimate of drug-likeness (QED) is 0.314. The normalized spacial score (nSPS) is 11.1. The van der Waals surface area contributed by atoms with Gasteiger partial charge in [0.15, 0.2) is 5.11 Å². The van der Waals surface area contributed by atoms with E-state index in [0.717, 1.165) is 32.9 Å². The fraction of sp³-hybridized carbons (Fsp3) is 0. The number of nitrogens with zero attached hydrogens (tertiary/aromatic N) is 1. The molecule has 3 N–H and O–H groups in total. The summed E-state index contributed by atoms with van der Waals surface area (Å²) in [6.07, 6.45) is 0. The van der Waals surface area contributed by atoms with Crippen LogP contribution in [0.5, 0.6) is 0 Å². The lowest BCUT2D eigenvalue weighted by atomic mass is 10.0. The molecule has 106 valence electrons. The van der Waals surface area contributed by atoms with E-state index in [2.05, 4.69) is 29.6 Å². The van der Waals surface area contributed by atoms with Gasteiger partial charge < -0.3 is 11.1 Å². The van der Waals surface area contributed by atoms with E-state index in [4.69, 9.17) is 22.9 Å². The minimum atomic E-state index is 0.255. The maximum Gasteiger partial charge on any atom is 0.168 e. The molecule has 4 heteroatoms. The molecule has 0 amide bonds. The Morgan fingerprint density at radius 2 is 1.59 bits per heavy atom. The van der Waals surface area contributed by atoms with Gasteiger partial charge in [0.1, 0.15) is 0 Å². The monoisotopic (exact) mass is 303 g/mol. The number of aromatic nitrogens is 1. The number of hydrogen-bond donors (Lipinski definition) is 2. The molecular formula is C18H13N3S. The van der Waals surface area contributed by atoms with Crippen molar-refractivity contribution in [3.05, 3.63) is 60.7 Å². The van der Waals surface area contributed by atoms with Crippen LogP contribution in [0.15, 0.2) is 60.7 Å². The molecular weight excluding hydrogens is 290 g/mol. The number of para-hydroxylation sites is 1. The molecule has 1 heterocycles. The number of thiocarbonyl (C=S) groups is 1. The van der Waals surface area contributed by atoms with E-state index >= 15 is 0 Å². The molecule has 22 heavy (non-hydrogen) atoms. The summed E-state index contributed by atoms with van der Waals surface area (Å²) in [7, 11) is 0. The van der Waals surface area contributed by atoms with Gasteiger partial charge in [-0.25, -0.2) is 4.98 Å². The van der Waals surface area contributed by atoms with Crippen LogP contribution in [-0.2, 0) is 0 Å². The van der Waals surface area contributed by atoms with Crippen LogP contribution in [0.25, 0.3) is 32.6 Å². The second-order valence-electron chi connectivity index (χ2n) is 5.18. The molecule has 4 rings (SSSR count). The zero-order valence-electron chi connectivity index (χ0n) is 11.7. The summed E-state index contributed by atoms with van der Waals surface area (Å²) in [6.45, 7) is 0. The summed E-state index contributed by atoms with van der Waals surface area (Å²) in [5.41, 5.74) is 8.51. The van der Waals surface area contributed by atoms with Crippen molar-refractivity contribution in [2.24, 2.45) is 5.73 Å². The summed E-state index contributed by atoms with van der Waals surface area (Å²) in [5.74, 6) is 0. The topological polar surface area (TPSA) is 50.9 Å². The first-order valence-corrected chi connectivity index (χ1v) is 7.41. The molecule has 0 atom stereocenters. The van der Waals surface area contributed by atoms with Crippen LogP contribution in [-0.4, -0.2) is 10.1 Å². The van der Waals surface area contributed by atoms with Crippen LogP contribution in [0.2, 0.25) is 0 Å². The summed E-state index contributed by atoms with van der Waals surface area (Å²) in [6, 6.07) is 20.4. The third-order valence-corrected chi connectivity index (χ3v) is 3.93. The molecule has 3 nitrogen and oxygen atoms in total. The van der Waals surface area contributed by atoms with Gasteiger partial charge in [-0.15, -0.1) is 0 Å². The van der Waals surface area contributed by atoms with E-state index in [1.165, 1.54) is 5.39 Å². The summed E-state index contributed by atoms with van der Waals surface area (Å²) in [4.78, 5) is 4.85. The Morgan fingerprint density at radius 1 is 0.864 bits per heavy atom. The predicted octanol–water partition coefficient (Wildman–Crippen LogP) is 4.20. The average molecular weight is 303 g/mol. The first-order chi connectivity index (χ1) is 10.7. The third kappa shape index (κ3) is 1.96. The number of hydrogen-bond acceptors (Lipinski definition) is 2. The van der Waals surface area contributed by atoms with Gasteiger partial charge in [-0.3, -0.25) is 0 Å². The van der Waals surface area contributed by atoms with Gasteiger partial charge in [0, 0.05) is 16.2 Å². The zero-order valence-corrected chi connectivity index (χ0v) is 12.5. The van der Waals surface area contributed by atoms with Crippen LogP contribution >= 0.6 is 12.2 Å². The first-order valence-electron chi connectivity index (χ1n) is 7.01. The van der Waals surface area contributed by atoms with Gasteiger partial charge in [0.05, 0.1) is 16.7 Å². The molecule has 0 saturated heterocycles. The Kier molecular flexibility index (Phi) is 2.91. The van der Waals surface area contributed by atoms with E-state index < -0.39 is 0 Å². The van der Waals surface area contributed by atoms with E-state index in [1.807, 2.05) is 36.4 Å². The Labute approximate surface area is 132 Å². The fourth-order valence-corrected chi connectivity index (χ4v) is 2.99. The van der Waals surface area contributed by atoms with Crippen LogP contribution in [0.4, 0.5) is 5.69 Å². The molecule has 0 aliphatic carbocycles. The molecule has 1 aromatic heterocycles. The smallest absolute Gasteiger partial charge is 0.168 e. The van der Waals surface area contributed by atoms with Gasteiger partial charge in [-0.1, -0.05) is 54.6 Å². The molecule has 0 fully saturated rings. The highest BCUT2D eigenvalue weighted by Gasteiger charge is 2.11. The highest BCUT2D eigenvalue weighted by atomic mass is 32.1. The molecule has 4 aromatic rings. The summed E-state index contributed by atoms with van der Waals surface area (Å²) in [5, 5.41) is 7.70. The van der Waals surface area contributed by atoms with Gasteiger partial charge in [-0.05, 0) is 23.7 Å². The number of pyridine rings is 1. The van der Waals surface area contributed by atoms with E-state index in [0.29, 0.717) is 0 Å². The highest BCUT2D eigenvalue weighted by Crippen LogP contribution is 2.34. The molecule has 0 spiro atoms. The lowest BCUT2D eigenvalue weighted by Crippen LogP contribution is -2.19. The van der Waals surface area contributed by atoms with Crippen LogP contribution in [0.3, 0.4) is 0 Å². The second kappa shape index (κ2) is 4.93. The van der Waals surface area contributed by atoms with Crippen LogP contribution < -0.4 is 11.1 Å². The van der Waals surface area contributed by atoms with E-state index in [1.54, 1.807) is 0 Å². The van der Waals surface area contributed by atoms with Crippen molar-refractivity contribution in [3.63, 3.8) is 0 Å². The van der Waals surface area contributed by atoms with Crippen LogP contribution in [0.1, 0.15) is 0 Å². The predicted molar refractivity (Wildman–Crippen MR) is 97.2 cm³/mol. The molecule has 0 bridgehead atoms. The maximum absolute atomic E-state index is 5.72. The number of nitrogens with one attached hydrogen (secondary N) is 1. The number of benzene rings is 3. The Morgan fingerprint density at radius 3 is 2.41 bits per heavy atom. The zero-order chi connectivity index (χ0) is 15.1. The van der Waals surface area contributed by atoms with Crippen molar-refractivity contribution in [2.45, 2.75) is 0 Å². The van der Waals surface area contributed by atoms with Gasteiger partial charge in [-0.2, -0.15) is 0 Å². The maximum atomic E-state index is 5.72. The lowest BCUT2D eigenvalue weighted by Gasteiger charge is -2.13. The molecule has 0 aliphatic rings. The Balaban J connectivity index is 2.23. The molecule has 0 unspecified atom stereocenters. The van der Waals surface area contributed by atoms with Crippen LogP contribution in [0, 0.1) is 0 Å². The van der Waals surface area contributed by atoms with Gasteiger partial charge >= 0.3 is 0 Å². The first kappa shape index (κ1) is 13.0. The van der Waals surface area contributed by atoms with Gasteiger partial charge in [0.2, 0.25) is 0 Å². The molecule has 0 aliphatic heterocycles. The molecule has 3 aromatic carbocycles. The van der Waals surface area contributed by atoms with Crippen molar-refractivity contribution < 1.29 is 0 Å². The SMILES string of the molecule is NC(=S)Nc1c2ccccc2nc2c1ccc1ccccc12. The minimum absolute atomic E-state index is 0.255. The Bertz CT molecular complexity index is 1040. The number of rotatable bonds is 1. The van der Waals surface area contributed by atoms with Crippen molar-refractivity contribution in [3.8, 4) is 0 Å². The standard InChI is InChI=1S/C18H13N3S/c19-18(22)21-17-13-7-3-4-8-15(13)20-16-12-6-2-1-5-11(12)9-10-14(16)17/h1-10H,(H3,19,20,21,22). The number of nitrogens with two attached hydrogens (primary N) is 1. The third-order valence-electron chi connectivity index (χ3n) is 3.82. The number of fused-ring (bicyclic) bond motifs is 4. The van der Waals surface area contributed by atoms with Gasteiger partial charge in [0.25, 0.3) is 0 Å². The minimum Gasteiger partial charge on any atom is -0.376 e.